The van der Waals surface area contributed by atoms with Crippen LogP contribution in [0.15, 0.2) is 4.99 Å². The number of nitrogens with zero attached hydrogens (tertiary/aromatic N) is 2. The molecule has 6 heteroatoms. The summed E-state index contributed by atoms with van der Waals surface area (Å²) in [5, 5.41) is 8.87. The van der Waals surface area contributed by atoms with Gasteiger partial charge in [-0.3, -0.25) is 9.79 Å². The van der Waals surface area contributed by atoms with Crippen LogP contribution in [0.3, 0.4) is 0 Å². The lowest BCUT2D eigenvalue weighted by molar-refractivity contribution is -0.145. The molecule has 0 rings (SSSR count). The molecule has 0 aromatic carbocycles. The van der Waals surface area contributed by atoms with Crippen LogP contribution < -0.4 is 0 Å². The Kier molecular flexibility index (Phi) is 8.18. The predicted octanol–water partition coefficient (Wildman–Crippen LogP) is 1.35. The summed E-state index contributed by atoms with van der Waals surface area (Å²) < 4.78 is 9.39. The zero-order valence-electron chi connectivity index (χ0n) is 11.8. The molecule has 1 unspecified atom stereocenters. The summed E-state index contributed by atoms with van der Waals surface area (Å²) in [5.74, 6) is -2.28. The molecular formula is C13H20N2O4. The standard InChI is InChI=1S/C13H20N2O4/c1-5-9(3)11(13(17)18-4)15-8-10(7-14)12(16)19-6-2/h8-11H,5-6H2,1-4H3/t9-,10?,11+/m1/s1. The Hall–Kier alpha value is -1.90. The molecule has 0 aliphatic carbocycles. The van der Waals surface area contributed by atoms with Crippen molar-refractivity contribution in [1.29, 1.82) is 5.26 Å². The molecule has 0 aliphatic heterocycles. The fourth-order valence-electron chi connectivity index (χ4n) is 1.34. The fraction of sp³-hybridized carbons (Fsp3) is 0.692. The van der Waals surface area contributed by atoms with Crippen molar-refractivity contribution < 1.29 is 19.1 Å². The van der Waals surface area contributed by atoms with E-state index in [0.717, 1.165) is 12.6 Å². The quantitative estimate of drug-likeness (QED) is 0.513. The minimum atomic E-state index is -1.10. The van der Waals surface area contributed by atoms with E-state index >= 15 is 0 Å². The molecule has 0 radical (unpaired) electrons. The average Bonchev–Trinajstić information content (AvgIpc) is 2.42. The van der Waals surface area contributed by atoms with Gasteiger partial charge in [0.15, 0.2) is 5.92 Å². The molecule has 0 amide bonds. The second kappa shape index (κ2) is 9.09. The van der Waals surface area contributed by atoms with E-state index in [2.05, 4.69) is 9.73 Å². The number of methoxy groups -OCH3 is 1. The average molecular weight is 268 g/mol. The highest BCUT2D eigenvalue weighted by atomic mass is 16.5. The largest absolute Gasteiger partial charge is 0.467 e. The normalized spacial score (nSPS) is 15.3. The minimum Gasteiger partial charge on any atom is -0.467 e. The molecule has 0 spiro atoms. The first-order chi connectivity index (χ1) is 9.01. The lowest BCUT2D eigenvalue weighted by Gasteiger charge is -2.16. The lowest BCUT2D eigenvalue weighted by atomic mass is 10.00. The maximum atomic E-state index is 11.6. The van der Waals surface area contributed by atoms with Gasteiger partial charge in [0.25, 0.3) is 0 Å². The Morgan fingerprint density at radius 2 is 2.00 bits per heavy atom. The van der Waals surface area contributed by atoms with E-state index in [0.29, 0.717) is 0 Å². The van der Waals surface area contributed by atoms with Crippen LogP contribution in [-0.2, 0) is 19.1 Å². The molecule has 3 atom stereocenters. The molecule has 0 bridgehead atoms. The molecule has 19 heavy (non-hydrogen) atoms. The number of rotatable bonds is 7. The second-order valence-electron chi connectivity index (χ2n) is 4.01. The van der Waals surface area contributed by atoms with Crippen molar-refractivity contribution in [2.75, 3.05) is 13.7 Å². The smallest absolute Gasteiger partial charge is 0.330 e. The van der Waals surface area contributed by atoms with Gasteiger partial charge in [-0.15, -0.1) is 0 Å². The van der Waals surface area contributed by atoms with E-state index in [4.69, 9.17) is 10.00 Å². The number of esters is 2. The molecule has 0 aromatic rings. The van der Waals surface area contributed by atoms with Crippen LogP contribution in [0.2, 0.25) is 0 Å². The van der Waals surface area contributed by atoms with Gasteiger partial charge in [-0.1, -0.05) is 20.3 Å². The maximum absolute atomic E-state index is 11.6. The summed E-state index contributed by atoms with van der Waals surface area (Å²) in [4.78, 5) is 27.0. The summed E-state index contributed by atoms with van der Waals surface area (Å²) in [5.41, 5.74) is 0. The van der Waals surface area contributed by atoms with Gasteiger partial charge in [-0.25, -0.2) is 4.79 Å². The Morgan fingerprint density at radius 3 is 2.42 bits per heavy atom. The van der Waals surface area contributed by atoms with Gasteiger partial charge in [0.1, 0.15) is 6.04 Å². The predicted molar refractivity (Wildman–Crippen MR) is 69.5 cm³/mol. The number of ether oxygens (including phenoxy) is 2. The molecular weight excluding hydrogens is 248 g/mol. The number of hydrogen-bond acceptors (Lipinski definition) is 6. The summed E-state index contributed by atoms with van der Waals surface area (Å²) >= 11 is 0. The van der Waals surface area contributed by atoms with Gasteiger partial charge in [-0.05, 0) is 12.8 Å². The number of carbonyl (C=O) groups excluding carboxylic acids is 2. The van der Waals surface area contributed by atoms with Crippen molar-refractivity contribution >= 4 is 18.2 Å². The molecule has 6 nitrogen and oxygen atoms in total. The third-order valence-electron chi connectivity index (χ3n) is 2.70. The zero-order valence-corrected chi connectivity index (χ0v) is 11.8. The first-order valence-electron chi connectivity index (χ1n) is 6.19. The number of nitriles is 1. The maximum Gasteiger partial charge on any atom is 0.330 e. The van der Waals surface area contributed by atoms with Crippen LogP contribution in [0, 0.1) is 23.2 Å². The minimum absolute atomic E-state index is 0.0368. The molecule has 0 heterocycles. The van der Waals surface area contributed by atoms with E-state index < -0.39 is 23.9 Å². The molecule has 0 saturated heterocycles. The third kappa shape index (κ3) is 5.51. The summed E-state index contributed by atoms with van der Waals surface area (Å²) in [7, 11) is 1.28. The van der Waals surface area contributed by atoms with E-state index in [-0.39, 0.29) is 12.5 Å². The molecule has 106 valence electrons. The van der Waals surface area contributed by atoms with Gasteiger partial charge in [0.05, 0.1) is 19.8 Å². The Bertz CT molecular complexity index is 373. The highest BCUT2D eigenvalue weighted by molar-refractivity contribution is 5.93. The van der Waals surface area contributed by atoms with Crippen LogP contribution in [0.5, 0.6) is 0 Å². The summed E-state index contributed by atoms with van der Waals surface area (Å²) in [6.07, 6.45) is 1.89. The molecule has 0 aliphatic rings. The lowest BCUT2D eigenvalue weighted by Crippen LogP contribution is -2.28. The van der Waals surface area contributed by atoms with Gasteiger partial charge in [-0.2, -0.15) is 5.26 Å². The molecule has 0 fully saturated rings. The fourth-order valence-corrected chi connectivity index (χ4v) is 1.34. The Balaban J connectivity index is 4.90. The van der Waals surface area contributed by atoms with Gasteiger partial charge >= 0.3 is 11.9 Å². The number of aliphatic imine (C=N–C) groups is 1. The SMILES string of the molecule is CCOC(=O)C(C#N)C=N[C@H](C(=O)OC)[C@H](C)CC. The number of carbonyl (C=O) groups is 2. The van der Waals surface area contributed by atoms with Crippen LogP contribution in [0.1, 0.15) is 27.2 Å². The van der Waals surface area contributed by atoms with E-state index in [1.54, 1.807) is 13.0 Å². The van der Waals surface area contributed by atoms with Crippen molar-refractivity contribution in [2.45, 2.75) is 33.2 Å². The topological polar surface area (TPSA) is 88.8 Å². The highest BCUT2D eigenvalue weighted by Crippen LogP contribution is 2.13. The Morgan fingerprint density at radius 1 is 1.37 bits per heavy atom. The third-order valence-corrected chi connectivity index (χ3v) is 2.70. The van der Waals surface area contributed by atoms with E-state index in [1.165, 1.54) is 7.11 Å². The van der Waals surface area contributed by atoms with Crippen molar-refractivity contribution in [2.24, 2.45) is 16.8 Å². The van der Waals surface area contributed by atoms with Crippen LogP contribution in [0.25, 0.3) is 0 Å². The van der Waals surface area contributed by atoms with Crippen molar-refractivity contribution in [3.05, 3.63) is 0 Å². The second-order valence-corrected chi connectivity index (χ2v) is 4.01. The first-order valence-corrected chi connectivity index (χ1v) is 6.19. The first kappa shape index (κ1) is 17.1. The van der Waals surface area contributed by atoms with Crippen LogP contribution >= 0.6 is 0 Å². The molecule has 0 aromatic heterocycles. The van der Waals surface area contributed by atoms with Gasteiger partial charge in [0.2, 0.25) is 0 Å². The van der Waals surface area contributed by atoms with E-state index in [9.17, 15) is 9.59 Å². The van der Waals surface area contributed by atoms with Gasteiger partial charge < -0.3 is 9.47 Å². The van der Waals surface area contributed by atoms with Crippen LogP contribution in [-0.4, -0.2) is 37.9 Å². The number of hydrogen-bond donors (Lipinski definition) is 0. The molecule has 0 N–H and O–H groups in total. The summed E-state index contributed by atoms with van der Waals surface area (Å²) in [6, 6.07) is 1.07. The van der Waals surface area contributed by atoms with Gasteiger partial charge in [0, 0.05) is 6.21 Å². The summed E-state index contributed by atoms with van der Waals surface area (Å²) in [6.45, 7) is 5.62. The highest BCUT2D eigenvalue weighted by Gasteiger charge is 2.25. The van der Waals surface area contributed by atoms with Crippen LogP contribution in [0.4, 0.5) is 0 Å². The van der Waals surface area contributed by atoms with Crippen molar-refractivity contribution in [3.8, 4) is 6.07 Å². The zero-order chi connectivity index (χ0) is 14.8. The van der Waals surface area contributed by atoms with E-state index in [1.807, 2.05) is 13.8 Å². The molecule has 0 saturated carbocycles. The Labute approximate surface area is 113 Å². The monoisotopic (exact) mass is 268 g/mol. The van der Waals surface area contributed by atoms with Crippen molar-refractivity contribution in [1.82, 2.24) is 0 Å². The van der Waals surface area contributed by atoms with Crippen molar-refractivity contribution in [3.63, 3.8) is 0 Å².